The number of hydrogen-bond acceptors (Lipinski definition) is 0. The van der Waals surface area contributed by atoms with Gasteiger partial charge in [-0.2, -0.15) is 0 Å². The third-order valence-corrected chi connectivity index (χ3v) is 9.68. The van der Waals surface area contributed by atoms with Gasteiger partial charge in [0.05, 0.1) is 0 Å². The number of hydrogen-bond donors (Lipinski definition) is 1. The van der Waals surface area contributed by atoms with E-state index in [9.17, 15) is 0 Å². The van der Waals surface area contributed by atoms with Crippen LogP contribution in [0, 0.1) is 0 Å². The molecule has 1 nitrogen and oxygen atoms in total. The van der Waals surface area contributed by atoms with Gasteiger partial charge in [0.25, 0.3) is 0 Å². The molecule has 0 saturated carbocycles. The van der Waals surface area contributed by atoms with Crippen molar-refractivity contribution < 1.29 is 0 Å². The van der Waals surface area contributed by atoms with Gasteiger partial charge in [0, 0.05) is 33.6 Å². The highest BCUT2D eigenvalue weighted by atomic mass is 14.7. The monoisotopic (exact) mass is 573 g/mol. The third kappa shape index (κ3) is 4.16. The van der Waals surface area contributed by atoms with Crippen molar-refractivity contribution in [1.82, 2.24) is 4.98 Å². The molecular weight excluding hydrogens is 542 g/mol. The molecule has 0 bridgehead atoms. The van der Waals surface area contributed by atoms with Crippen LogP contribution in [-0.4, -0.2) is 4.98 Å². The highest BCUT2D eigenvalue weighted by molar-refractivity contribution is 6.08. The minimum absolute atomic E-state index is 0.118. The minimum atomic E-state index is 0.118. The summed E-state index contributed by atoms with van der Waals surface area (Å²) in [6.45, 7) is 0. The molecule has 1 aliphatic carbocycles. The Morgan fingerprint density at radius 2 is 0.756 bits per heavy atom. The van der Waals surface area contributed by atoms with Gasteiger partial charge in [-0.15, -0.1) is 0 Å². The molecule has 0 radical (unpaired) electrons. The molecule has 8 aromatic rings. The molecule has 0 amide bonds. The average molecular weight is 574 g/mol. The average Bonchev–Trinajstić information content (AvgIpc) is 3.49. The molecule has 1 N–H and O–H groups in total. The second kappa shape index (κ2) is 10.5. The van der Waals surface area contributed by atoms with Crippen LogP contribution in [0.5, 0.6) is 0 Å². The van der Waals surface area contributed by atoms with Crippen LogP contribution < -0.4 is 0 Å². The van der Waals surface area contributed by atoms with Gasteiger partial charge in [-0.25, -0.2) is 0 Å². The number of aromatic amines is 1. The summed E-state index contributed by atoms with van der Waals surface area (Å²) in [5.41, 5.74) is 15.6. The predicted octanol–water partition coefficient (Wildman–Crippen LogP) is 11.3. The largest absolute Gasteiger partial charge is 0.354 e. The maximum atomic E-state index is 3.66. The van der Waals surface area contributed by atoms with Gasteiger partial charge in [0.15, 0.2) is 0 Å². The topological polar surface area (TPSA) is 15.8 Å². The Morgan fingerprint density at radius 1 is 0.311 bits per heavy atom. The Bertz CT molecular complexity index is 2290. The highest BCUT2D eigenvalue weighted by Gasteiger charge is 2.35. The summed E-state index contributed by atoms with van der Waals surface area (Å²) in [7, 11) is 0. The molecule has 45 heavy (non-hydrogen) atoms. The summed E-state index contributed by atoms with van der Waals surface area (Å²) in [5, 5.41) is 2.53. The van der Waals surface area contributed by atoms with Crippen molar-refractivity contribution in [3.63, 3.8) is 0 Å². The number of H-pyrrole nitrogens is 1. The molecule has 0 saturated heterocycles. The maximum Gasteiger partial charge on any atom is 0.0471 e. The van der Waals surface area contributed by atoms with E-state index in [2.05, 4.69) is 175 Å². The first-order valence-corrected chi connectivity index (χ1v) is 15.8. The standard InChI is InChI=1S/C44H31N/c1-2-14-29(15-3-1)31-16-4-6-19-35(31)43-37-21-8-10-23-39(37)44(40-24-11-9-22-38(40)43)36-20-7-5-17-32(36)30-26-27-34-33-18-12-13-25-41(33)45-42(34)28-30/h1-28,43-45H. The molecule has 0 aliphatic heterocycles. The van der Waals surface area contributed by atoms with Crippen LogP contribution in [-0.2, 0) is 0 Å². The molecule has 212 valence electrons. The van der Waals surface area contributed by atoms with Crippen molar-refractivity contribution in [3.05, 3.63) is 203 Å². The molecule has 0 fully saturated rings. The van der Waals surface area contributed by atoms with Gasteiger partial charge in [-0.3, -0.25) is 0 Å². The van der Waals surface area contributed by atoms with E-state index in [-0.39, 0.29) is 11.8 Å². The van der Waals surface area contributed by atoms with E-state index in [1.807, 2.05) is 0 Å². The second-order valence-electron chi connectivity index (χ2n) is 12.1. The van der Waals surface area contributed by atoms with Gasteiger partial charge >= 0.3 is 0 Å². The molecule has 7 aromatic carbocycles. The van der Waals surface area contributed by atoms with Crippen molar-refractivity contribution in [1.29, 1.82) is 0 Å². The number of rotatable bonds is 4. The first-order valence-electron chi connectivity index (χ1n) is 15.8. The lowest BCUT2D eigenvalue weighted by atomic mass is 9.67. The summed E-state index contributed by atoms with van der Waals surface area (Å²) in [6.07, 6.45) is 0. The molecule has 0 spiro atoms. The Kier molecular flexibility index (Phi) is 6.02. The SMILES string of the molecule is c1ccc(-c2ccccc2C2c3ccccc3C(c3ccccc3-c3ccc4c(c3)[nH]c3ccccc34)c3ccccc32)cc1. The smallest absolute Gasteiger partial charge is 0.0471 e. The van der Waals surface area contributed by atoms with Crippen LogP contribution in [0.2, 0.25) is 0 Å². The van der Waals surface area contributed by atoms with Gasteiger partial charge < -0.3 is 4.98 Å². The van der Waals surface area contributed by atoms with Crippen LogP contribution in [0.4, 0.5) is 0 Å². The quantitative estimate of drug-likeness (QED) is 0.216. The Balaban J connectivity index is 1.25. The molecule has 1 aliphatic rings. The van der Waals surface area contributed by atoms with Crippen molar-refractivity contribution in [3.8, 4) is 22.3 Å². The minimum Gasteiger partial charge on any atom is -0.354 e. The number of aromatic nitrogens is 1. The molecule has 0 atom stereocenters. The van der Waals surface area contributed by atoms with E-state index in [0.29, 0.717) is 0 Å². The third-order valence-electron chi connectivity index (χ3n) is 9.68. The van der Waals surface area contributed by atoms with Crippen molar-refractivity contribution in [2.24, 2.45) is 0 Å². The molecule has 1 heteroatoms. The van der Waals surface area contributed by atoms with E-state index >= 15 is 0 Å². The van der Waals surface area contributed by atoms with Crippen LogP contribution in [0.3, 0.4) is 0 Å². The van der Waals surface area contributed by atoms with Gasteiger partial charge in [-0.1, -0.05) is 158 Å². The van der Waals surface area contributed by atoms with E-state index in [1.54, 1.807) is 0 Å². The van der Waals surface area contributed by atoms with Crippen molar-refractivity contribution in [2.45, 2.75) is 11.8 Å². The second-order valence-corrected chi connectivity index (χ2v) is 12.1. The molecule has 1 heterocycles. The lowest BCUT2D eigenvalue weighted by molar-refractivity contribution is 0.824. The molecule has 0 unspecified atom stereocenters. The number of benzene rings is 7. The zero-order valence-electron chi connectivity index (χ0n) is 24.8. The van der Waals surface area contributed by atoms with Gasteiger partial charge in [0.2, 0.25) is 0 Å². The van der Waals surface area contributed by atoms with Crippen LogP contribution in [0.15, 0.2) is 170 Å². The molecule has 1 aromatic heterocycles. The first kappa shape index (κ1) is 25.8. The fraction of sp³-hybridized carbons (Fsp3) is 0.0455. The predicted molar refractivity (Wildman–Crippen MR) is 188 cm³/mol. The number of nitrogens with one attached hydrogen (secondary N) is 1. The molecular formula is C44H31N. The summed E-state index contributed by atoms with van der Waals surface area (Å²) in [4.78, 5) is 3.66. The van der Waals surface area contributed by atoms with Crippen molar-refractivity contribution in [2.75, 3.05) is 0 Å². The lowest BCUT2D eigenvalue weighted by Gasteiger charge is -2.36. The zero-order valence-corrected chi connectivity index (χ0v) is 24.8. The van der Waals surface area contributed by atoms with Gasteiger partial charge in [-0.05, 0) is 67.8 Å². The zero-order chi connectivity index (χ0) is 29.7. The summed E-state index contributed by atoms with van der Waals surface area (Å²) in [5.74, 6) is 0.257. The fourth-order valence-corrected chi connectivity index (χ4v) is 7.74. The normalized spacial score (nSPS) is 15.6. The highest BCUT2D eigenvalue weighted by Crippen LogP contribution is 2.51. The number of fused-ring (bicyclic) bond motifs is 5. The summed E-state index contributed by atoms with van der Waals surface area (Å²) < 4.78 is 0. The van der Waals surface area contributed by atoms with Gasteiger partial charge in [0.1, 0.15) is 0 Å². The summed E-state index contributed by atoms with van der Waals surface area (Å²) in [6, 6.07) is 62.5. The maximum absolute atomic E-state index is 3.66. The molecule has 9 rings (SSSR count). The Hall–Kier alpha value is -5.66. The van der Waals surface area contributed by atoms with Crippen LogP contribution in [0.25, 0.3) is 44.1 Å². The summed E-state index contributed by atoms with van der Waals surface area (Å²) >= 11 is 0. The first-order chi connectivity index (χ1) is 22.3. The van der Waals surface area contributed by atoms with E-state index in [4.69, 9.17) is 0 Å². The van der Waals surface area contributed by atoms with E-state index in [0.717, 1.165) is 0 Å². The fourth-order valence-electron chi connectivity index (χ4n) is 7.74. The number of para-hydroxylation sites is 1. The Morgan fingerprint density at radius 3 is 1.36 bits per heavy atom. The van der Waals surface area contributed by atoms with Crippen LogP contribution in [0.1, 0.15) is 45.2 Å². The Labute approximate surface area is 263 Å². The van der Waals surface area contributed by atoms with Crippen molar-refractivity contribution >= 4 is 21.8 Å². The van der Waals surface area contributed by atoms with E-state index < -0.39 is 0 Å². The van der Waals surface area contributed by atoms with Crippen LogP contribution >= 0.6 is 0 Å². The van der Waals surface area contributed by atoms with E-state index in [1.165, 1.54) is 77.4 Å². The lowest BCUT2D eigenvalue weighted by Crippen LogP contribution is -2.21.